The van der Waals surface area contributed by atoms with Crippen molar-refractivity contribution in [2.24, 2.45) is 0 Å². The molecule has 3 aromatic carbocycles. The molecule has 0 aliphatic carbocycles. The molecule has 1 fully saturated rings. The zero-order valence-electron chi connectivity index (χ0n) is 15.5. The molecule has 3 aromatic rings. The van der Waals surface area contributed by atoms with Crippen LogP contribution in [0.4, 0.5) is 0 Å². The minimum Gasteiger partial charge on any atom is -0.504 e. The number of hydrogen-bond donors (Lipinski definition) is 2. The van der Waals surface area contributed by atoms with Gasteiger partial charge in [-0.25, -0.2) is 0 Å². The molecule has 1 aliphatic rings. The Morgan fingerprint density at radius 1 is 1.11 bits per heavy atom. The van der Waals surface area contributed by atoms with Crippen LogP contribution < -0.4 is 4.74 Å². The highest BCUT2D eigenvalue weighted by Gasteiger charge is 2.28. The van der Waals surface area contributed by atoms with Crippen LogP contribution in [0.1, 0.15) is 22.0 Å². The Balaban J connectivity index is 1.57. The van der Waals surface area contributed by atoms with E-state index < -0.39 is 5.75 Å². The number of morpholine rings is 1. The van der Waals surface area contributed by atoms with Gasteiger partial charge in [0.25, 0.3) is 5.91 Å². The van der Waals surface area contributed by atoms with Crippen LogP contribution in [0.3, 0.4) is 0 Å². The van der Waals surface area contributed by atoms with Crippen LogP contribution >= 0.6 is 0 Å². The predicted molar refractivity (Wildman–Crippen MR) is 105 cm³/mol. The highest BCUT2D eigenvalue weighted by molar-refractivity contribution is 5.97. The average Bonchev–Trinajstić information content (AvgIpc) is 2.74. The quantitative estimate of drug-likeness (QED) is 0.681. The largest absolute Gasteiger partial charge is 0.504 e. The summed E-state index contributed by atoms with van der Waals surface area (Å²) in [6.45, 7) is 1.20. The second kappa shape index (κ2) is 7.40. The predicted octanol–water partition coefficient (Wildman–Crippen LogP) is 3.47. The van der Waals surface area contributed by atoms with Gasteiger partial charge in [-0.1, -0.05) is 24.3 Å². The Hall–Kier alpha value is -3.25. The average molecular weight is 379 g/mol. The molecule has 0 bridgehead atoms. The van der Waals surface area contributed by atoms with Gasteiger partial charge in [-0.15, -0.1) is 0 Å². The summed E-state index contributed by atoms with van der Waals surface area (Å²) >= 11 is 0. The van der Waals surface area contributed by atoms with Crippen molar-refractivity contribution in [3.63, 3.8) is 0 Å². The lowest BCUT2D eigenvalue weighted by Gasteiger charge is -2.33. The van der Waals surface area contributed by atoms with Crippen LogP contribution in [0, 0.1) is 0 Å². The van der Waals surface area contributed by atoms with E-state index in [0.29, 0.717) is 19.7 Å². The van der Waals surface area contributed by atoms with E-state index in [2.05, 4.69) is 6.07 Å². The fraction of sp³-hybridized carbons (Fsp3) is 0.227. The van der Waals surface area contributed by atoms with Gasteiger partial charge in [0, 0.05) is 6.54 Å². The number of para-hydroxylation sites is 1. The number of ether oxygens (including phenoxy) is 2. The van der Waals surface area contributed by atoms with Crippen molar-refractivity contribution in [1.82, 2.24) is 4.90 Å². The lowest BCUT2D eigenvalue weighted by Crippen LogP contribution is -2.42. The minimum atomic E-state index is -0.393. The Labute approximate surface area is 162 Å². The summed E-state index contributed by atoms with van der Waals surface area (Å²) in [5.74, 6) is -0.222. The summed E-state index contributed by atoms with van der Waals surface area (Å²) < 4.78 is 11.2. The molecule has 0 unspecified atom stereocenters. The van der Waals surface area contributed by atoms with Gasteiger partial charge in [-0.2, -0.15) is 0 Å². The van der Waals surface area contributed by atoms with E-state index in [1.54, 1.807) is 12.0 Å². The second-order valence-electron chi connectivity index (χ2n) is 6.76. The van der Waals surface area contributed by atoms with E-state index in [4.69, 9.17) is 9.47 Å². The summed E-state index contributed by atoms with van der Waals surface area (Å²) in [4.78, 5) is 14.5. The first-order valence-electron chi connectivity index (χ1n) is 9.06. The van der Waals surface area contributed by atoms with Crippen molar-refractivity contribution in [2.75, 3.05) is 26.8 Å². The van der Waals surface area contributed by atoms with Crippen molar-refractivity contribution < 1.29 is 24.5 Å². The summed E-state index contributed by atoms with van der Waals surface area (Å²) in [7, 11) is 1.64. The zero-order valence-corrected chi connectivity index (χ0v) is 15.5. The Morgan fingerprint density at radius 2 is 1.89 bits per heavy atom. The summed E-state index contributed by atoms with van der Waals surface area (Å²) in [6, 6.07) is 16.3. The van der Waals surface area contributed by atoms with E-state index in [0.717, 1.165) is 22.1 Å². The van der Waals surface area contributed by atoms with Crippen molar-refractivity contribution in [3.05, 3.63) is 65.7 Å². The number of nitrogens with zero attached hydrogens (tertiary/aromatic N) is 1. The molecule has 0 radical (unpaired) electrons. The number of phenolic OH excluding ortho intramolecular Hbond substituents is 2. The maximum Gasteiger partial charge on any atom is 0.257 e. The molecule has 1 heterocycles. The van der Waals surface area contributed by atoms with Crippen LogP contribution in [0.2, 0.25) is 0 Å². The lowest BCUT2D eigenvalue weighted by molar-refractivity contribution is -0.0228. The van der Waals surface area contributed by atoms with Gasteiger partial charge in [0.2, 0.25) is 0 Å². The van der Waals surface area contributed by atoms with Crippen LogP contribution in [-0.4, -0.2) is 47.8 Å². The molecular formula is C22H21NO5. The topological polar surface area (TPSA) is 79.2 Å². The summed E-state index contributed by atoms with van der Waals surface area (Å²) in [6.07, 6.45) is -0.261. The van der Waals surface area contributed by atoms with Crippen molar-refractivity contribution in [1.29, 1.82) is 0 Å². The molecule has 2 N–H and O–H groups in total. The van der Waals surface area contributed by atoms with Gasteiger partial charge < -0.3 is 24.6 Å². The van der Waals surface area contributed by atoms with Gasteiger partial charge in [0.05, 0.1) is 25.8 Å². The minimum absolute atomic E-state index is 0.0891. The number of rotatable bonds is 3. The van der Waals surface area contributed by atoms with E-state index >= 15 is 0 Å². The number of fused-ring (bicyclic) bond motifs is 1. The van der Waals surface area contributed by atoms with Crippen LogP contribution in [0.5, 0.6) is 17.2 Å². The number of hydrogen-bond acceptors (Lipinski definition) is 5. The number of aromatic hydroxyl groups is 2. The fourth-order valence-corrected chi connectivity index (χ4v) is 3.48. The molecule has 1 amide bonds. The van der Waals surface area contributed by atoms with Crippen molar-refractivity contribution in [3.8, 4) is 17.2 Å². The first kappa shape index (κ1) is 18.1. The van der Waals surface area contributed by atoms with Crippen molar-refractivity contribution in [2.45, 2.75) is 6.10 Å². The van der Waals surface area contributed by atoms with Crippen LogP contribution in [0.15, 0.2) is 54.6 Å². The molecular weight excluding hydrogens is 358 g/mol. The molecule has 6 nitrogen and oxygen atoms in total. The van der Waals surface area contributed by atoms with E-state index in [-0.39, 0.29) is 23.3 Å². The highest BCUT2D eigenvalue weighted by atomic mass is 16.5. The standard InChI is InChI=1S/C22H21NO5/c1-27-17-8-7-14-11-16(6-5-15(14)12-17)20-13-23(9-10-28-20)22(26)18-3-2-4-19(24)21(18)25/h2-8,11-12,20,24-25H,9-10,13H2,1H3/t20-/m0/s1. The molecule has 4 rings (SSSR count). The number of methoxy groups -OCH3 is 1. The SMILES string of the molecule is COc1ccc2cc([C@@H]3CN(C(=O)c4cccc(O)c4O)CCO3)ccc2c1. The number of phenols is 2. The maximum atomic E-state index is 12.8. The molecule has 1 saturated heterocycles. The third-order valence-corrected chi connectivity index (χ3v) is 5.04. The number of benzene rings is 3. The molecule has 1 aliphatic heterocycles. The molecule has 1 atom stereocenters. The van der Waals surface area contributed by atoms with E-state index in [1.807, 2.05) is 30.3 Å². The summed E-state index contributed by atoms with van der Waals surface area (Å²) in [5, 5.41) is 21.8. The lowest BCUT2D eigenvalue weighted by atomic mass is 10.0. The monoisotopic (exact) mass is 379 g/mol. The number of carbonyl (C=O) groups excluding carboxylic acids is 1. The molecule has 0 saturated carbocycles. The first-order chi connectivity index (χ1) is 13.6. The smallest absolute Gasteiger partial charge is 0.257 e. The van der Waals surface area contributed by atoms with E-state index in [1.165, 1.54) is 18.2 Å². The fourth-order valence-electron chi connectivity index (χ4n) is 3.48. The van der Waals surface area contributed by atoms with Gasteiger partial charge >= 0.3 is 0 Å². The van der Waals surface area contributed by atoms with E-state index in [9.17, 15) is 15.0 Å². The number of amides is 1. The Kier molecular flexibility index (Phi) is 4.79. The van der Waals surface area contributed by atoms with Gasteiger partial charge in [0.15, 0.2) is 11.5 Å². The second-order valence-corrected chi connectivity index (χ2v) is 6.76. The maximum absolute atomic E-state index is 12.8. The highest BCUT2D eigenvalue weighted by Crippen LogP contribution is 2.32. The Morgan fingerprint density at radius 3 is 2.71 bits per heavy atom. The zero-order chi connectivity index (χ0) is 19.7. The van der Waals surface area contributed by atoms with Gasteiger partial charge in [-0.05, 0) is 46.7 Å². The molecule has 0 aromatic heterocycles. The van der Waals surface area contributed by atoms with Crippen LogP contribution in [-0.2, 0) is 4.74 Å². The molecule has 6 heteroatoms. The van der Waals surface area contributed by atoms with Gasteiger partial charge in [-0.3, -0.25) is 4.79 Å². The normalized spacial score (nSPS) is 16.9. The third-order valence-electron chi connectivity index (χ3n) is 5.04. The molecule has 0 spiro atoms. The van der Waals surface area contributed by atoms with Crippen molar-refractivity contribution >= 4 is 16.7 Å². The molecule has 28 heavy (non-hydrogen) atoms. The molecule has 144 valence electrons. The van der Waals surface area contributed by atoms with Gasteiger partial charge in [0.1, 0.15) is 11.9 Å². The first-order valence-corrected chi connectivity index (χ1v) is 9.06. The van der Waals surface area contributed by atoms with Crippen LogP contribution in [0.25, 0.3) is 10.8 Å². The number of carbonyl (C=O) groups is 1. The summed E-state index contributed by atoms with van der Waals surface area (Å²) in [5.41, 5.74) is 1.07. The third kappa shape index (κ3) is 3.34. The Bertz CT molecular complexity index is 1030.